The highest BCUT2D eigenvalue weighted by Crippen LogP contribution is 2.54. The van der Waals surface area contributed by atoms with E-state index in [1.807, 2.05) is 159 Å². The fraction of sp³-hybridized carbons (Fsp3) is 0.122. The van der Waals surface area contributed by atoms with Gasteiger partial charge in [-0.2, -0.15) is 0 Å². The molecule has 3 aliphatic heterocycles. The van der Waals surface area contributed by atoms with Gasteiger partial charge in [0, 0.05) is 11.1 Å². The quantitative estimate of drug-likeness (QED) is 0.204. The SMILES string of the molecule is C[C@@]12C[C@]3(C)OC(c4ccccc4)=C(c4ccccc4)C(=O)N3c3ccccc3N1C(=O)C(c1ccccc1)=C(c1ccccc1)O2. The number of amides is 2. The minimum atomic E-state index is -1.24. The first-order valence-electron chi connectivity index (χ1n) is 15.7. The van der Waals surface area contributed by atoms with Crippen molar-refractivity contribution in [3.8, 4) is 0 Å². The highest BCUT2D eigenvalue weighted by atomic mass is 16.5. The van der Waals surface area contributed by atoms with Gasteiger partial charge in [0.25, 0.3) is 11.8 Å². The highest BCUT2D eigenvalue weighted by Gasteiger charge is 2.59. The summed E-state index contributed by atoms with van der Waals surface area (Å²) >= 11 is 0. The molecule has 3 heterocycles. The van der Waals surface area contributed by atoms with E-state index in [2.05, 4.69) is 0 Å². The van der Waals surface area contributed by atoms with E-state index >= 15 is 9.59 Å². The molecule has 5 aromatic carbocycles. The summed E-state index contributed by atoms with van der Waals surface area (Å²) in [6, 6.07) is 46.1. The van der Waals surface area contributed by atoms with Crippen LogP contribution in [-0.2, 0) is 19.1 Å². The largest absolute Gasteiger partial charge is 0.466 e. The third-order valence-electron chi connectivity index (χ3n) is 9.09. The number of ether oxygens (including phenoxy) is 2. The second-order valence-electron chi connectivity index (χ2n) is 12.4. The Hall–Kier alpha value is -5.88. The number of para-hydroxylation sites is 2. The molecule has 5 aromatic rings. The van der Waals surface area contributed by atoms with Gasteiger partial charge in [-0.05, 0) is 37.1 Å². The number of benzene rings is 5. The van der Waals surface area contributed by atoms with Gasteiger partial charge in [0.05, 0.1) is 28.9 Å². The Balaban J connectivity index is 1.37. The van der Waals surface area contributed by atoms with Crippen molar-refractivity contribution in [1.29, 1.82) is 0 Å². The summed E-state index contributed by atoms with van der Waals surface area (Å²) in [6.45, 7) is 3.82. The molecule has 2 amide bonds. The van der Waals surface area contributed by atoms with Crippen LogP contribution in [0.15, 0.2) is 146 Å². The van der Waals surface area contributed by atoms with Crippen LogP contribution in [0.4, 0.5) is 11.4 Å². The topological polar surface area (TPSA) is 59.1 Å². The molecule has 8 rings (SSSR count). The van der Waals surface area contributed by atoms with E-state index in [1.165, 1.54) is 0 Å². The molecular formula is C41H32N2O4. The molecule has 230 valence electrons. The Morgan fingerprint density at radius 1 is 0.447 bits per heavy atom. The fourth-order valence-corrected chi connectivity index (χ4v) is 7.19. The molecule has 47 heavy (non-hydrogen) atoms. The van der Waals surface area contributed by atoms with E-state index in [0.717, 1.165) is 22.3 Å². The van der Waals surface area contributed by atoms with Crippen molar-refractivity contribution in [2.45, 2.75) is 31.7 Å². The standard InChI is InChI=1S/C41H32N2O4/c1-40-27-41(2)43(39(45)35(29-19-9-4-10-20-29)37(47-41)31-23-13-6-14-24-31)33-26-16-15-25-32(33)42(40)38(44)34(28-17-7-3-8-18-28)36(46-40)30-21-11-5-12-22-30/h3-26H,27H2,1-2H3/t40-,41+. The smallest absolute Gasteiger partial charge is 0.265 e. The zero-order chi connectivity index (χ0) is 32.2. The summed E-state index contributed by atoms with van der Waals surface area (Å²) in [4.78, 5) is 33.5. The van der Waals surface area contributed by atoms with E-state index in [9.17, 15) is 0 Å². The molecule has 0 fully saturated rings. The summed E-state index contributed by atoms with van der Waals surface area (Å²) in [6.07, 6.45) is 0.156. The maximum Gasteiger partial charge on any atom is 0.265 e. The summed E-state index contributed by atoms with van der Waals surface area (Å²) in [5.74, 6) is 0.542. The lowest BCUT2D eigenvalue weighted by atomic mass is 9.91. The molecule has 0 saturated carbocycles. The van der Waals surface area contributed by atoms with Gasteiger partial charge in [-0.1, -0.05) is 133 Å². The van der Waals surface area contributed by atoms with Crippen LogP contribution < -0.4 is 9.80 Å². The zero-order valence-corrected chi connectivity index (χ0v) is 26.1. The third-order valence-corrected chi connectivity index (χ3v) is 9.09. The minimum absolute atomic E-state index is 0.156. The summed E-state index contributed by atoms with van der Waals surface area (Å²) < 4.78 is 14.2. The first kappa shape index (κ1) is 28.6. The van der Waals surface area contributed by atoms with Gasteiger partial charge in [0.2, 0.25) is 0 Å². The number of hydrogen-bond acceptors (Lipinski definition) is 4. The van der Waals surface area contributed by atoms with Crippen LogP contribution in [0.2, 0.25) is 0 Å². The van der Waals surface area contributed by atoms with Gasteiger partial charge >= 0.3 is 0 Å². The Kier molecular flexibility index (Phi) is 6.62. The minimum Gasteiger partial charge on any atom is -0.466 e. The maximum atomic E-state index is 15.1. The van der Waals surface area contributed by atoms with E-state index in [0.29, 0.717) is 34.0 Å². The molecule has 6 heteroatoms. The molecule has 0 saturated heterocycles. The van der Waals surface area contributed by atoms with Crippen molar-refractivity contribution in [1.82, 2.24) is 0 Å². The van der Waals surface area contributed by atoms with Crippen LogP contribution >= 0.6 is 0 Å². The Morgan fingerprint density at radius 3 is 1.09 bits per heavy atom. The number of carbonyl (C=O) groups excluding carboxylic acids is 2. The van der Waals surface area contributed by atoms with Gasteiger partial charge in [-0.3, -0.25) is 19.4 Å². The zero-order valence-electron chi connectivity index (χ0n) is 26.1. The lowest BCUT2D eigenvalue weighted by molar-refractivity contribution is -0.124. The van der Waals surface area contributed by atoms with Gasteiger partial charge in [0.15, 0.2) is 11.4 Å². The maximum absolute atomic E-state index is 15.1. The molecule has 0 aromatic heterocycles. The second kappa shape index (κ2) is 10.9. The Labute approximate surface area is 273 Å². The van der Waals surface area contributed by atoms with E-state index in [-0.39, 0.29) is 18.2 Å². The van der Waals surface area contributed by atoms with Gasteiger partial charge in [0.1, 0.15) is 11.5 Å². The molecule has 3 aliphatic rings. The molecule has 0 unspecified atom stereocenters. The van der Waals surface area contributed by atoms with Gasteiger partial charge in [-0.25, -0.2) is 0 Å². The lowest BCUT2D eigenvalue weighted by Crippen LogP contribution is -2.61. The van der Waals surface area contributed by atoms with E-state index in [4.69, 9.17) is 9.47 Å². The van der Waals surface area contributed by atoms with E-state index < -0.39 is 11.4 Å². The number of rotatable bonds is 4. The molecule has 0 spiro atoms. The molecule has 2 atom stereocenters. The summed E-state index contributed by atoms with van der Waals surface area (Å²) in [5, 5.41) is 0. The average molecular weight is 617 g/mol. The van der Waals surface area contributed by atoms with Gasteiger partial charge in [-0.15, -0.1) is 0 Å². The first-order chi connectivity index (χ1) is 22.9. The van der Waals surface area contributed by atoms with Crippen LogP contribution in [0.25, 0.3) is 22.7 Å². The van der Waals surface area contributed by atoms with Crippen LogP contribution in [-0.4, -0.2) is 23.3 Å². The number of anilines is 2. The molecular weight excluding hydrogens is 584 g/mol. The molecule has 0 aliphatic carbocycles. The van der Waals surface area contributed by atoms with Crippen LogP contribution in [0.3, 0.4) is 0 Å². The molecule has 6 nitrogen and oxygen atoms in total. The number of carbonyl (C=O) groups is 2. The Morgan fingerprint density at radius 2 is 0.745 bits per heavy atom. The third kappa shape index (κ3) is 4.56. The molecule has 0 bridgehead atoms. The van der Waals surface area contributed by atoms with Crippen LogP contribution in [0.1, 0.15) is 42.5 Å². The fourth-order valence-electron chi connectivity index (χ4n) is 7.19. The van der Waals surface area contributed by atoms with Crippen molar-refractivity contribution >= 4 is 45.9 Å². The second-order valence-corrected chi connectivity index (χ2v) is 12.4. The predicted octanol–water partition coefficient (Wildman–Crippen LogP) is 8.39. The first-order valence-corrected chi connectivity index (χ1v) is 15.7. The Bertz CT molecular complexity index is 1930. The number of fused-ring (bicyclic) bond motifs is 5. The lowest BCUT2D eigenvalue weighted by Gasteiger charge is -2.49. The molecule has 0 N–H and O–H groups in total. The van der Waals surface area contributed by atoms with Crippen LogP contribution in [0.5, 0.6) is 0 Å². The number of nitrogens with zero attached hydrogens (tertiary/aromatic N) is 2. The van der Waals surface area contributed by atoms with Crippen molar-refractivity contribution in [2.75, 3.05) is 9.80 Å². The predicted molar refractivity (Wildman–Crippen MR) is 184 cm³/mol. The van der Waals surface area contributed by atoms with Crippen molar-refractivity contribution in [3.63, 3.8) is 0 Å². The summed E-state index contributed by atoms with van der Waals surface area (Å²) in [7, 11) is 0. The average Bonchev–Trinajstić information content (AvgIpc) is 3.19. The number of hydrogen-bond donors (Lipinski definition) is 0. The van der Waals surface area contributed by atoms with Crippen LogP contribution in [0, 0.1) is 0 Å². The molecule has 0 radical (unpaired) electrons. The highest BCUT2D eigenvalue weighted by molar-refractivity contribution is 6.36. The van der Waals surface area contributed by atoms with E-state index in [1.54, 1.807) is 9.80 Å². The normalized spacial score (nSPS) is 22.1. The monoisotopic (exact) mass is 616 g/mol. The van der Waals surface area contributed by atoms with Crippen molar-refractivity contribution in [2.24, 2.45) is 0 Å². The van der Waals surface area contributed by atoms with Crippen molar-refractivity contribution in [3.05, 3.63) is 168 Å². The van der Waals surface area contributed by atoms with Gasteiger partial charge < -0.3 is 9.47 Å². The summed E-state index contributed by atoms with van der Waals surface area (Å²) in [5.41, 5.74) is 2.62. The van der Waals surface area contributed by atoms with Crippen molar-refractivity contribution < 1.29 is 19.1 Å².